The Kier molecular flexibility index (Phi) is 4.89. The Balaban J connectivity index is 2.41. The van der Waals surface area contributed by atoms with Crippen molar-refractivity contribution in [2.45, 2.75) is 12.7 Å². The monoisotopic (exact) mass is 247 g/mol. The molecule has 1 rings (SSSR count). The van der Waals surface area contributed by atoms with Gasteiger partial charge < -0.3 is 10.2 Å². The molecule has 0 saturated heterocycles. The van der Waals surface area contributed by atoms with E-state index in [0.717, 1.165) is 25.4 Å². The van der Waals surface area contributed by atoms with Crippen LogP contribution in [-0.2, 0) is 12.7 Å². The first kappa shape index (κ1) is 13.9. The number of rotatable bonds is 5. The van der Waals surface area contributed by atoms with Crippen LogP contribution in [0.25, 0.3) is 0 Å². The molecule has 0 atom stereocenters. The van der Waals surface area contributed by atoms with Gasteiger partial charge in [-0.3, -0.25) is 4.98 Å². The van der Waals surface area contributed by atoms with Crippen molar-refractivity contribution >= 4 is 0 Å². The Hall–Kier alpha value is -1.14. The van der Waals surface area contributed by atoms with Crippen molar-refractivity contribution in [3.05, 3.63) is 29.6 Å². The van der Waals surface area contributed by atoms with Crippen LogP contribution in [-0.4, -0.2) is 37.1 Å². The van der Waals surface area contributed by atoms with Crippen LogP contribution in [0.1, 0.15) is 11.3 Å². The summed E-state index contributed by atoms with van der Waals surface area (Å²) >= 11 is 0. The van der Waals surface area contributed by atoms with Gasteiger partial charge >= 0.3 is 6.18 Å². The van der Waals surface area contributed by atoms with Gasteiger partial charge in [-0.25, -0.2) is 0 Å². The third kappa shape index (κ3) is 5.14. The zero-order chi connectivity index (χ0) is 12.9. The Morgan fingerprint density at radius 1 is 1.29 bits per heavy atom. The van der Waals surface area contributed by atoms with Crippen LogP contribution in [0, 0.1) is 0 Å². The van der Waals surface area contributed by atoms with Gasteiger partial charge in [-0.15, -0.1) is 0 Å². The molecular weight excluding hydrogens is 231 g/mol. The zero-order valence-corrected chi connectivity index (χ0v) is 9.88. The van der Waals surface area contributed by atoms with E-state index in [1.807, 2.05) is 19.0 Å². The molecule has 0 aliphatic rings. The van der Waals surface area contributed by atoms with Gasteiger partial charge in [0, 0.05) is 25.8 Å². The molecule has 0 amide bonds. The van der Waals surface area contributed by atoms with E-state index in [0.29, 0.717) is 12.2 Å². The van der Waals surface area contributed by atoms with E-state index in [2.05, 4.69) is 10.3 Å². The third-order valence-corrected chi connectivity index (χ3v) is 2.19. The molecule has 1 aromatic rings. The van der Waals surface area contributed by atoms with Crippen molar-refractivity contribution < 1.29 is 13.2 Å². The van der Waals surface area contributed by atoms with Gasteiger partial charge in [0.2, 0.25) is 0 Å². The molecule has 1 aromatic heterocycles. The molecule has 0 aliphatic heterocycles. The lowest BCUT2D eigenvalue weighted by atomic mass is 10.2. The number of hydrogen-bond acceptors (Lipinski definition) is 3. The molecule has 1 heterocycles. The minimum Gasteiger partial charge on any atom is -0.310 e. The van der Waals surface area contributed by atoms with Crippen LogP contribution in [0.4, 0.5) is 13.2 Å². The first-order chi connectivity index (χ1) is 7.89. The quantitative estimate of drug-likeness (QED) is 0.803. The van der Waals surface area contributed by atoms with E-state index >= 15 is 0 Å². The molecule has 0 unspecified atom stereocenters. The van der Waals surface area contributed by atoms with Crippen molar-refractivity contribution in [2.75, 3.05) is 27.2 Å². The van der Waals surface area contributed by atoms with Gasteiger partial charge in [-0.1, -0.05) is 0 Å². The third-order valence-electron chi connectivity index (χ3n) is 2.19. The summed E-state index contributed by atoms with van der Waals surface area (Å²) in [6.07, 6.45) is -3.45. The van der Waals surface area contributed by atoms with E-state index < -0.39 is 11.7 Å². The number of hydrogen-bond donors (Lipinski definition) is 1. The highest BCUT2D eigenvalue weighted by Gasteiger charge is 2.30. The van der Waals surface area contributed by atoms with Crippen LogP contribution in [0.3, 0.4) is 0 Å². The van der Waals surface area contributed by atoms with Gasteiger partial charge in [0.05, 0.1) is 11.3 Å². The molecule has 0 saturated carbocycles. The summed E-state index contributed by atoms with van der Waals surface area (Å²) in [5.41, 5.74) is -0.105. The first-order valence-electron chi connectivity index (χ1n) is 5.27. The largest absolute Gasteiger partial charge is 0.417 e. The Bertz CT molecular complexity index is 333. The molecule has 0 spiro atoms. The molecule has 1 N–H and O–H groups in total. The maximum Gasteiger partial charge on any atom is 0.417 e. The lowest BCUT2D eigenvalue weighted by Gasteiger charge is -2.10. The Labute approximate surface area is 98.6 Å². The summed E-state index contributed by atoms with van der Waals surface area (Å²) in [6, 6.07) is 2.45. The van der Waals surface area contributed by atoms with Gasteiger partial charge in [0.1, 0.15) is 0 Å². The molecule has 0 fully saturated rings. The highest BCUT2D eigenvalue weighted by molar-refractivity contribution is 5.16. The maximum atomic E-state index is 12.3. The van der Waals surface area contributed by atoms with Crippen molar-refractivity contribution in [3.8, 4) is 0 Å². The maximum absolute atomic E-state index is 12.3. The average Bonchev–Trinajstić information content (AvgIpc) is 2.23. The zero-order valence-electron chi connectivity index (χ0n) is 9.88. The normalized spacial score (nSPS) is 12.1. The van der Waals surface area contributed by atoms with Crippen LogP contribution >= 0.6 is 0 Å². The Morgan fingerprint density at radius 3 is 2.47 bits per heavy atom. The van der Waals surface area contributed by atoms with Gasteiger partial charge in [-0.05, 0) is 26.2 Å². The average molecular weight is 247 g/mol. The number of nitrogens with zero attached hydrogens (tertiary/aromatic N) is 2. The minimum absolute atomic E-state index is 0.478. The highest BCUT2D eigenvalue weighted by atomic mass is 19.4. The lowest BCUT2D eigenvalue weighted by Crippen LogP contribution is -2.26. The fraction of sp³-hybridized carbons (Fsp3) is 0.545. The fourth-order valence-electron chi connectivity index (χ4n) is 1.22. The molecule has 0 aromatic carbocycles. The van der Waals surface area contributed by atoms with E-state index in [9.17, 15) is 13.2 Å². The smallest absolute Gasteiger partial charge is 0.310 e. The summed E-state index contributed by atoms with van der Waals surface area (Å²) in [7, 11) is 3.91. The van der Waals surface area contributed by atoms with Gasteiger partial charge in [0.15, 0.2) is 0 Å². The SMILES string of the molecule is CN(C)CCNCc1ccc(C(F)(F)F)cn1. The summed E-state index contributed by atoms with van der Waals surface area (Å²) in [5.74, 6) is 0. The summed E-state index contributed by atoms with van der Waals surface area (Å²) < 4.78 is 36.8. The summed E-state index contributed by atoms with van der Waals surface area (Å²) in [5, 5.41) is 3.11. The van der Waals surface area contributed by atoms with Crippen LogP contribution in [0.2, 0.25) is 0 Å². The Morgan fingerprint density at radius 2 is 2.00 bits per heavy atom. The number of aromatic nitrogens is 1. The second-order valence-electron chi connectivity index (χ2n) is 4.02. The molecule has 3 nitrogen and oxygen atoms in total. The number of pyridine rings is 1. The van der Waals surface area contributed by atoms with Gasteiger partial charge in [0.25, 0.3) is 0 Å². The number of halogens is 3. The number of alkyl halides is 3. The topological polar surface area (TPSA) is 28.2 Å². The second kappa shape index (κ2) is 5.97. The fourth-order valence-corrected chi connectivity index (χ4v) is 1.22. The standard InChI is InChI=1S/C11H16F3N3/c1-17(2)6-5-15-8-10-4-3-9(7-16-10)11(12,13)14/h3-4,7,15H,5-6,8H2,1-2H3. The second-order valence-corrected chi connectivity index (χ2v) is 4.02. The van der Waals surface area contributed by atoms with Crippen molar-refractivity contribution in [1.29, 1.82) is 0 Å². The minimum atomic E-state index is -4.32. The molecular formula is C11H16F3N3. The molecule has 6 heteroatoms. The van der Waals surface area contributed by atoms with Gasteiger partial charge in [-0.2, -0.15) is 13.2 Å². The highest BCUT2D eigenvalue weighted by Crippen LogP contribution is 2.28. The predicted molar refractivity (Wildman–Crippen MR) is 59.5 cm³/mol. The van der Waals surface area contributed by atoms with E-state index in [-0.39, 0.29) is 0 Å². The van der Waals surface area contributed by atoms with E-state index in [1.165, 1.54) is 6.07 Å². The van der Waals surface area contributed by atoms with Crippen LogP contribution in [0.15, 0.2) is 18.3 Å². The van der Waals surface area contributed by atoms with E-state index in [4.69, 9.17) is 0 Å². The predicted octanol–water partition coefficient (Wildman–Crippen LogP) is 1.75. The summed E-state index contributed by atoms with van der Waals surface area (Å²) in [6.45, 7) is 2.13. The first-order valence-corrected chi connectivity index (χ1v) is 5.27. The van der Waals surface area contributed by atoms with Crippen LogP contribution in [0.5, 0.6) is 0 Å². The van der Waals surface area contributed by atoms with Crippen molar-refractivity contribution in [1.82, 2.24) is 15.2 Å². The van der Waals surface area contributed by atoms with Crippen LogP contribution < -0.4 is 5.32 Å². The van der Waals surface area contributed by atoms with Crippen molar-refractivity contribution in [3.63, 3.8) is 0 Å². The van der Waals surface area contributed by atoms with Crippen molar-refractivity contribution in [2.24, 2.45) is 0 Å². The molecule has 0 bridgehead atoms. The molecule has 96 valence electrons. The lowest BCUT2D eigenvalue weighted by molar-refractivity contribution is -0.137. The molecule has 0 radical (unpaired) electrons. The molecule has 17 heavy (non-hydrogen) atoms. The number of likely N-dealkylation sites (N-methyl/N-ethyl adjacent to an activating group) is 1. The number of nitrogens with one attached hydrogen (secondary N) is 1. The van der Waals surface area contributed by atoms with E-state index in [1.54, 1.807) is 0 Å². The summed E-state index contributed by atoms with van der Waals surface area (Å²) in [4.78, 5) is 5.79. The molecule has 0 aliphatic carbocycles.